The highest BCUT2D eigenvalue weighted by molar-refractivity contribution is 7.90. The number of fused-ring (bicyclic) bond motifs is 18. The average Bonchev–Trinajstić information content (AvgIpc) is 1.72. The van der Waals surface area contributed by atoms with Gasteiger partial charge in [-0.25, -0.2) is 43.2 Å². The number of nitrogens with one attached hydrogen (secondary N) is 3. The number of nitrogens with zero attached hydrogens (tertiary/aromatic N) is 18. The lowest BCUT2D eigenvalue weighted by atomic mass is 9.93. The zero-order valence-corrected chi connectivity index (χ0v) is 74.6. The van der Waals surface area contributed by atoms with E-state index in [0.29, 0.717) is 126 Å². The summed E-state index contributed by atoms with van der Waals surface area (Å²) in [7, 11) is -12.5. The van der Waals surface area contributed by atoms with Gasteiger partial charge in [0.1, 0.15) is 17.5 Å². The largest absolute Gasteiger partial charge is 0.477 e. The zero-order chi connectivity index (χ0) is 86.5. The molecule has 9 aromatic heterocycles. The molecule has 3 aliphatic carbocycles. The number of carbonyl (C=O) groups excluding carboxylic acids is 3. The fourth-order valence-electron chi connectivity index (χ4n) is 18.3. The standard InChI is InChI=1S/3C29H39N7O4S/c3*1-28(2)19-21-7-4-5-15-34-16-11-25(32-34)41(38,39)33-27(37)22-8-9-23(30-26(22)35(28)20-21)36-17-10-24(31-36)40-18-6-12-29(3)13-14-29/h3*8-11,16-17,21H,4-7,12-15,18-20H2,1-3H3,(H,33,37). The summed E-state index contributed by atoms with van der Waals surface area (Å²) in [6, 6.07) is 19.6. The van der Waals surface area contributed by atoms with Gasteiger partial charge in [-0.1, -0.05) is 40.0 Å². The third kappa shape index (κ3) is 20.4. The zero-order valence-electron chi connectivity index (χ0n) is 72.1. The third-order valence-corrected chi connectivity index (χ3v) is 30.0. The van der Waals surface area contributed by atoms with Crippen LogP contribution in [0.5, 0.6) is 17.6 Å². The van der Waals surface area contributed by atoms with Gasteiger partial charge in [0.25, 0.3) is 47.8 Å². The fourth-order valence-corrected chi connectivity index (χ4v) is 21.0. The van der Waals surface area contributed by atoms with Gasteiger partial charge in [-0.3, -0.25) is 28.4 Å². The van der Waals surface area contributed by atoms with Gasteiger partial charge in [-0.05, 0) is 265 Å². The van der Waals surface area contributed by atoms with E-state index >= 15 is 0 Å². The first-order valence-corrected chi connectivity index (χ1v) is 48.2. The Bertz CT molecular complexity index is 5170. The van der Waals surface area contributed by atoms with Crippen LogP contribution in [0.15, 0.2) is 125 Å². The first-order chi connectivity index (χ1) is 58.5. The van der Waals surface area contributed by atoms with E-state index in [-0.39, 0.29) is 48.4 Å². The number of carbonyl (C=O) groups is 3. The minimum Gasteiger partial charge on any atom is -0.477 e. The molecule has 15 heterocycles. The van der Waals surface area contributed by atoms with Crippen LogP contribution in [0.4, 0.5) is 17.5 Å². The van der Waals surface area contributed by atoms with Crippen molar-refractivity contribution >= 4 is 65.2 Å². The number of rotatable bonds is 18. The Kier molecular flexibility index (Phi) is 24.1. The molecule has 3 amide bonds. The van der Waals surface area contributed by atoms with Crippen molar-refractivity contribution in [1.29, 1.82) is 0 Å². The van der Waals surface area contributed by atoms with Gasteiger partial charge in [0, 0.05) is 111 Å². The van der Waals surface area contributed by atoms with Crippen LogP contribution in [-0.2, 0) is 49.7 Å². The molecule has 3 atom stereocenters. The quantitative estimate of drug-likeness (QED) is 0.0672. The molecule has 0 radical (unpaired) electrons. The molecule has 3 saturated carbocycles. The van der Waals surface area contributed by atoms with E-state index in [0.717, 1.165) is 135 Å². The summed E-state index contributed by atoms with van der Waals surface area (Å²) < 4.78 is 112. The number of aryl methyl sites for hydroxylation is 3. The van der Waals surface area contributed by atoms with Crippen LogP contribution in [0.25, 0.3) is 17.5 Å². The SMILES string of the molecule is CC1(CCCOc2ccn(-c3ccc4c(n3)N3CC(CCCCn5ccc(n5)S(=O)(=O)NC4=O)CC3(C)C)n2)CC1.CC1(CCCOc2ccn(-c3ccc4c(n3)N3CC(CCCCn5ccc(n5)S(=O)(=O)NC4=O)CC3(C)C)n2)CC1.CC1(CCCOc2ccn(-c3ccc4c(n3)N3CC(CCCCn5ccc(n5)S(=O)(=O)NC4=O)CC3(C)C)n2)CC1. The minimum atomic E-state index is -4.16. The van der Waals surface area contributed by atoms with E-state index in [4.69, 9.17) is 29.2 Å². The van der Waals surface area contributed by atoms with Gasteiger partial charge in [-0.2, -0.15) is 40.5 Å². The van der Waals surface area contributed by atoms with Crippen LogP contribution in [0.1, 0.15) is 247 Å². The summed E-state index contributed by atoms with van der Waals surface area (Å²) in [6.07, 6.45) is 36.2. The summed E-state index contributed by atoms with van der Waals surface area (Å²) in [4.78, 5) is 61.7. The van der Waals surface area contributed by atoms with Crippen LogP contribution < -0.4 is 43.1 Å². The molecule has 123 heavy (non-hydrogen) atoms. The van der Waals surface area contributed by atoms with Crippen molar-refractivity contribution in [3.63, 3.8) is 0 Å². The van der Waals surface area contributed by atoms with Crippen molar-refractivity contribution in [3.8, 4) is 35.1 Å². The molecule has 33 nitrogen and oxygen atoms in total. The van der Waals surface area contributed by atoms with Crippen molar-refractivity contribution < 1.29 is 53.8 Å². The molecule has 0 aromatic carbocycles. The predicted octanol–water partition coefficient (Wildman–Crippen LogP) is 13.0. The van der Waals surface area contributed by atoms with E-state index < -0.39 is 47.8 Å². The molecule has 6 aliphatic heterocycles. The van der Waals surface area contributed by atoms with Gasteiger partial charge < -0.3 is 28.9 Å². The summed E-state index contributed by atoms with van der Waals surface area (Å²) in [5, 5.41) is 25.8. The molecule has 18 rings (SSSR count). The number of sulfonamides is 3. The Morgan fingerprint density at radius 3 is 0.902 bits per heavy atom. The number of pyridine rings is 3. The maximum absolute atomic E-state index is 13.5. The lowest BCUT2D eigenvalue weighted by molar-refractivity contribution is 0.0972. The molecule has 660 valence electrons. The van der Waals surface area contributed by atoms with Crippen LogP contribution >= 0.6 is 0 Å². The molecule has 9 aromatic rings. The van der Waals surface area contributed by atoms with Crippen molar-refractivity contribution in [2.45, 2.75) is 268 Å². The Morgan fingerprint density at radius 1 is 0.358 bits per heavy atom. The monoisotopic (exact) mass is 1740 g/mol. The van der Waals surface area contributed by atoms with Crippen LogP contribution in [-0.4, -0.2) is 173 Å². The molecule has 6 fully saturated rings. The van der Waals surface area contributed by atoms with Crippen LogP contribution in [0.2, 0.25) is 0 Å². The maximum atomic E-state index is 13.5. The molecule has 36 heteroatoms. The molecule has 9 aliphatic rings. The summed E-state index contributed by atoms with van der Waals surface area (Å²) >= 11 is 0. The van der Waals surface area contributed by atoms with Crippen molar-refractivity contribution in [3.05, 3.63) is 127 Å². The van der Waals surface area contributed by atoms with E-state index in [2.05, 4.69) is 122 Å². The molecular weight excluding hydrogens is 1630 g/mol. The van der Waals surface area contributed by atoms with Gasteiger partial charge in [0.2, 0.25) is 17.6 Å². The summed E-state index contributed by atoms with van der Waals surface area (Å²) in [5.74, 6) is 3.53. The van der Waals surface area contributed by atoms with Gasteiger partial charge in [0.15, 0.2) is 32.5 Å². The number of ether oxygens (including phenoxy) is 3. The third-order valence-electron chi connectivity index (χ3n) is 26.3. The van der Waals surface area contributed by atoms with Crippen LogP contribution in [0.3, 0.4) is 0 Å². The van der Waals surface area contributed by atoms with Gasteiger partial charge in [0.05, 0.1) is 36.5 Å². The second-order valence-corrected chi connectivity index (χ2v) is 43.1. The van der Waals surface area contributed by atoms with E-state index in [1.54, 1.807) is 102 Å². The molecule has 3 unspecified atom stereocenters. The number of hydrogen-bond acceptors (Lipinski definition) is 24. The predicted molar refractivity (Wildman–Crippen MR) is 461 cm³/mol. The Balaban J connectivity index is 0.000000137. The van der Waals surface area contributed by atoms with Crippen molar-refractivity contribution in [1.82, 2.24) is 87.8 Å². The number of aromatic nitrogens is 15. The molecule has 3 saturated heterocycles. The minimum absolute atomic E-state index is 0.177. The summed E-state index contributed by atoms with van der Waals surface area (Å²) in [5.41, 5.74) is 1.25. The average molecular weight is 1750 g/mol. The van der Waals surface area contributed by atoms with Crippen molar-refractivity contribution in [2.24, 2.45) is 34.0 Å². The number of amides is 3. The normalized spacial score (nSPS) is 22.8. The molecule has 3 N–H and O–H groups in total. The topological polar surface area (TPSA) is 373 Å². The Morgan fingerprint density at radius 2 is 0.634 bits per heavy atom. The fraction of sp³-hybridized carbons (Fsp3) is 0.586. The highest BCUT2D eigenvalue weighted by atomic mass is 32.2. The second kappa shape index (κ2) is 34.4. The first kappa shape index (κ1) is 86.3. The molecular formula is C87H117N21O12S3. The van der Waals surface area contributed by atoms with Crippen molar-refractivity contribution in [2.75, 3.05) is 54.2 Å². The van der Waals surface area contributed by atoms with Gasteiger partial charge in [-0.15, -0.1) is 15.3 Å². The maximum Gasteiger partial charge on any atom is 0.283 e. The van der Waals surface area contributed by atoms with E-state index in [1.807, 2.05) is 18.2 Å². The Hall–Kier alpha value is -10.2. The number of anilines is 3. The lowest BCUT2D eigenvalue weighted by Gasteiger charge is -2.34. The second-order valence-electron chi connectivity index (χ2n) is 38.2. The van der Waals surface area contributed by atoms with E-state index in [9.17, 15) is 39.6 Å². The van der Waals surface area contributed by atoms with E-state index in [1.165, 1.54) is 56.7 Å². The Labute approximate surface area is 720 Å². The molecule has 12 bridgehead atoms. The smallest absolute Gasteiger partial charge is 0.283 e. The lowest BCUT2D eigenvalue weighted by Crippen LogP contribution is -2.41. The first-order valence-electron chi connectivity index (χ1n) is 43.8. The summed E-state index contributed by atoms with van der Waals surface area (Å²) in [6.45, 7) is 25.8. The highest BCUT2D eigenvalue weighted by Gasteiger charge is 2.46. The number of hydrogen-bond donors (Lipinski definition) is 3. The van der Waals surface area contributed by atoms with Crippen LogP contribution in [0, 0.1) is 34.0 Å². The highest BCUT2D eigenvalue weighted by Crippen LogP contribution is 2.51. The molecule has 0 spiro atoms. The van der Waals surface area contributed by atoms with Gasteiger partial charge >= 0.3 is 0 Å².